The number of methoxy groups -OCH3 is 1. The molecule has 160 valence electrons. The number of ether oxygens (including phenoxy) is 1. The molecule has 0 bridgehead atoms. The molecule has 9 heteroatoms. The molecule has 1 atom stereocenters. The number of benzene rings is 2. The van der Waals surface area contributed by atoms with E-state index in [9.17, 15) is 23.6 Å². The third-order valence-corrected chi connectivity index (χ3v) is 5.69. The molecule has 1 N–H and O–H groups in total. The van der Waals surface area contributed by atoms with Crippen molar-refractivity contribution in [3.63, 3.8) is 0 Å². The highest BCUT2D eigenvalue weighted by Gasteiger charge is 2.50. The maximum atomic E-state index is 13.2. The smallest absolute Gasteiger partial charge is 0.337 e. The summed E-state index contributed by atoms with van der Waals surface area (Å²) < 4.78 is 18.0. The second-order valence-electron chi connectivity index (χ2n) is 7.58. The lowest BCUT2D eigenvalue weighted by atomic mass is 9.92. The molecular weight excluding hydrogens is 405 g/mol. The number of fused-ring (bicyclic) bond motifs is 1. The number of esters is 1. The van der Waals surface area contributed by atoms with Gasteiger partial charge in [0.1, 0.15) is 17.9 Å². The molecule has 0 radical (unpaired) electrons. The minimum absolute atomic E-state index is 0.373. The van der Waals surface area contributed by atoms with Gasteiger partial charge in [0.25, 0.3) is 5.91 Å². The molecule has 2 aromatic rings. The summed E-state index contributed by atoms with van der Waals surface area (Å²) in [5, 5.41) is 2.60. The number of nitrogens with one attached hydrogen (secondary N) is 1. The van der Waals surface area contributed by atoms with E-state index in [0.29, 0.717) is 29.8 Å². The molecule has 0 aliphatic carbocycles. The minimum atomic E-state index is -1.39. The van der Waals surface area contributed by atoms with E-state index in [1.807, 2.05) is 0 Å². The summed E-state index contributed by atoms with van der Waals surface area (Å²) in [6.45, 7) is 1.46. The van der Waals surface area contributed by atoms with Crippen LogP contribution >= 0.6 is 0 Å². The molecule has 2 aliphatic heterocycles. The van der Waals surface area contributed by atoms with Crippen molar-refractivity contribution in [2.75, 3.05) is 25.1 Å². The van der Waals surface area contributed by atoms with Crippen LogP contribution in [0.1, 0.15) is 28.4 Å². The summed E-state index contributed by atoms with van der Waals surface area (Å²) in [5.74, 6) is -1.93. The number of amides is 4. The predicted molar refractivity (Wildman–Crippen MR) is 108 cm³/mol. The maximum absolute atomic E-state index is 13.2. The second-order valence-corrected chi connectivity index (χ2v) is 7.58. The average Bonchev–Trinajstić information content (AvgIpc) is 3.28. The largest absolute Gasteiger partial charge is 0.465 e. The van der Waals surface area contributed by atoms with Gasteiger partial charge in [0, 0.05) is 12.2 Å². The van der Waals surface area contributed by atoms with Crippen molar-refractivity contribution in [3.05, 3.63) is 65.0 Å². The first-order chi connectivity index (χ1) is 14.7. The standard InChI is InChI=1S/C22H20FN3O5/c1-22(15-4-6-16(23)7-5-15)20(29)26(21(30)24-22)12-18(27)25-10-9-13-11-14(19(28)31-2)3-8-17(13)25/h3-8,11H,9-10,12H2,1-2H3,(H,24,30). The van der Waals surface area contributed by atoms with E-state index >= 15 is 0 Å². The topological polar surface area (TPSA) is 96.0 Å². The van der Waals surface area contributed by atoms with Crippen molar-refractivity contribution < 1.29 is 28.3 Å². The molecular formula is C22H20FN3O5. The van der Waals surface area contributed by atoms with Gasteiger partial charge in [-0.25, -0.2) is 14.0 Å². The van der Waals surface area contributed by atoms with Crippen molar-refractivity contribution in [2.24, 2.45) is 0 Å². The fraction of sp³-hybridized carbons (Fsp3) is 0.273. The van der Waals surface area contributed by atoms with E-state index in [4.69, 9.17) is 4.74 Å². The van der Waals surface area contributed by atoms with Crippen LogP contribution in [0.2, 0.25) is 0 Å². The molecule has 1 unspecified atom stereocenters. The van der Waals surface area contributed by atoms with Crippen LogP contribution in [0.5, 0.6) is 0 Å². The quantitative estimate of drug-likeness (QED) is 0.597. The van der Waals surface area contributed by atoms with Gasteiger partial charge in [-0.1, -0.05) is 12.1 Å². The predicted octanol–water partition coefficient (Wildman–Crippen LogP) is 1.97. The maximum Gasteiger partial charge on any atom is 0.337 e. The lowest BCUT2D eigenvalue weighted by Crippen LogP contribution is -2.44. The molecule has 0 aromatic heterocycles. The molecule has 31 heavy (non-hydrogen) atoms. The Bertz CT molecular complexity index is 1100. The highest BCUT2D eigenvalue weighted by atomic mass is 19.1. The minimum Gasteiger partial charge on any atom is -0.465 e. The zero-order valence-corrected chi connectivity index (χ0v) is 17.0. The summed E-state index contributed by atoms with van der Waals surface area (Å²) in [7, 11) is 1.29. The normalized spacial score (nSPS) is 20.0. The molecule has 0 saturated carbocycles. The summed E-state index contributed by atoms with van der Waals surface area (Å²) in [5.41, 5.74) is 0.864. The number of carbonyl (C=O) groups is 4. The molecule has 2 heterocycles. The second kappa shape index (κ2) is 7.50. The van der Waals surface area contributed by atoms with Crippen LogP contribution in [0, 0.1) is 5.82 Å². The third kappa shape index (κ3) is 3.41. The molecule has 8 nitrogen and oxygen atoms in total. The molecule has 4 amide bonds. The van der Waals surface area contributed by atoms with Gasteiger partial charge in [-0.05, 0) is 54.8 Å². The van der Waals surface area contributed by atoms with E-state index in [-0.39, 0.29) is 0 Å². The number of anilines is 1. The van der Waals surface area contributed by atoms with Gasteiger partial charge in [0.05, 0.1) is 12.7 Å². The number of hydrogen-bond donors (Lipinski definition) is 1. The van der Waals surface area contributed by atoms with E-state index in [1.165, 1.54) is 43.2 Å². The van der Waals surface area contributed by atoms with Crippen LogP contribution in [0.15, 0.2) is 42.5 Å². The molecule has 1 fully saturated rings. The van der Waals surface area contributed by atoms with E-state index in [2.05, 4.69) is 5.32 Å². The van der Waals surface area contributed by atoms with Gasteiger partial charge in [-0.2, -0.15) is 0 Å². The number of carbonyl (C=O) groups excluding carboxylic acids is 4. The van der Waals surface area contributed by atoms with Crippen molar-refractivity contribution >= 4 is 29.5 Å². The van der Waals surface area contributed by atoms with Gasteiger partial charge in [0.15, 0.2) is 0 Å². The van der Waals surface area contributed by atoms with E-state index in [1.54, 1.807) is 18.2 Å². The molecule has 2 aromatic carbocycles. The van der Waals surface area contributed by atoms with Gasteiger partial charge in [-0.3, -0.25) is 14.5 Å². The molecule has 1 saturated heterocycles. The number of nitrogens with zero attached hydrogens (tertiary/aromatic N) is 2. The SMILES string of the molecule is COC(=O)c1ccc2c(c1)CCN2C(=O)CN1C(=O)NC(C)(c2ccc(F)cc2)C1=O. The Morgan fingerprint density at radius 2 is 1.87 bits per heavy atom. The van der Waals surface area contributed by atoms with Crippen molar-refractivity contribution in [1.29, 1.82) is 0 Å². The highest BCUT2D eigenvalue weighted by Crippen LogP contribution is 2.31. The molecule has 4 rings (SSSR count). The number of rotatable bonds is 4. The lowest BCUT2D eigenvalue weighted by Gasteiger charge is -2.23. The van der Waals surface area contributed by atoms with Crippen LogP contribution in [0.4, 0.5) is 14.9 Å². The fourth-order valence-corrected chi connectivity index (χ4v) is 3.95. The first-order valence-electron chi connectivity index (χ1n) is 9.66. The van der Waals surface area contributed by atoms with Crippen molar-refractivity contribution in [1.82, 2.24) is 10.2 Å². The van der Waals surface area contributed by atoms with Crippen LogP contribution in [-0.4, -0.2) is 48.9 Å². The summed E-state index contributed by atoms with van der Waals surface area (Å²) in [6.07, 6.45) is 0.541. The fourth-order valence-electron chi connectivity index (χ4n) is 3.95. The molecule has 0 spiro atoms. The van der Waals surface area contributed by atoms with E-state index in [0.717, 1.165) is 10.5 Å². The van der Waals surface area contributed by atoms with Gasteiger partial charge >= 0.3 is 12.0 Å². The van der Waals surface area contributed by atoms with Crippen LogP contribution in [0.3, 0.4) is 0 Å². The van der Waals surface area contributed by atoms with Crippen molar-refractivity contribution in [3.8, 4) is 0 Å². The first kappa shape index (κ1) is 20.5. The van der Waals surface area contributed by atoms with E-state index < -0.39 is 41.7 Å². The summed E-state index contributed by atoms with van der Waals surface area (Å²) >= 11 is 0. The Hall–Kier alpha value is -3.75. The molecule has 2 aliphatic rings. The number of halogens is 1. The average molecular weight is 425 g/mol. The zero-order chi connectivity index (χ0) is 22.3. The van der Waals surface area contributed by atoms with Gasteiger partial charge in [0.2, 0.25) is 5.91 Å². The van der Waals surface area contributed by atoms with Crippen LogP contribution in [0.25, 0.3) is 0 Å². The Labute approximate surface area is 177 Å². The Morgan fingerprint density at radius 3 is 2.55 bits per heavy atom. The third-order valence-electron chi connectivity index (χ3n) is 5.69. The summed E-state index contributed by atoms with van der Waals surface area (Å²) in [6, 6.07) is 9.47. The van der Waals surface area contributed by atoms with Gasteiger partial charge in [-0.15, -0.1) is 0 Å². The van der Waals surface area contributed by atoms with Crippen LogP contribution < -0.4 is 10.2 Å². The lowest BCUT2D eigenvalue weighted by molar-refractivity contribution is -0.134. The Kier molecular flexibility index (Phi) is 4.96. The number of hydrogen-bond acceptors (Lipinski definition) is 5. The number of urea groups is 1. The summed E-state index contributed by atoms with van der Waals surface area (Å²) in [4.78, 5) is 52.5. The zero-order valence-electron chi connectivity index (χ0n) is 17.0. The van der Waals surface area contributed by atoms with Gasteiger partial charge < -0.3 is 15.0 Å². The highest BCUT2D eigenvalue weighted by molar-refractivity contribution is 6.10. The Balaban J connectivity index is 1.52. The Morgan fingerprint density at radius 1 is 1.16 bits per heavy atom. The number of imide groups is 1. The monoisotopic (exact) mass is 425 g/mol. The van der Waals surface area contributed by atoms with Crippen LogP contribution in [-0.2, 0) is 26.3 Å². The van der Waals surface area contributed by atoms with Crippen molar-refractivity contribution in [2.45, 2.75) is 18.9 Å². The first-order valence-corrected chi connectivity index (χ1v) is 9.66.